The number of amides is 1. The molecule has 0 spiro atoms. The summed E-state index contributed by atoms with van der Waals surface area (Å²) in [6.45, 7) is 1.83. The largest absolute Gasteiger partial charge is 0.467 e. The molecule has 9 heteroatoms. The second-order valence-corrected chi connectivity index (χ2v) is 7.43. The topological polar surface area (TPSA) is 84.7 Å². The number of anilines is 2. The van der Waals surface area contributed by atoms with E-state index in [0.29, 0.717) is 39.9 Å². The lowest BCUT2D eigenvalue weighted by Crippen LogP contribution is -2.43. The summed E-state index contributed by atoms with van der Waals surface area (Å²) < 4.78 is 4.91. The zero-order valence-corrected chi connectivity index (χ0v) is 18.3. The minimum atomic E-state index is -0.642. The van der Waals surface area contributed by atoms with Crippen molar-refractivity contribution in [2.24, 2.45) is 5.73 Å². The van der Waals surface area contributed by atoms with Crippen LogP contribution in [0.25, 0.3) is 0 Å². The van der Waals surface area contributed by atoms with E-state index in [4.69, 9.17) is 33.7 Å². The Balaban J connectivity index is 0.00000300. The quantitative estimate of drug-likeness (QED) is 0.666. The molecule has 1 aliphatic heterocycles. The van der Waals surface area contributed by atoms with Gasteiger partial charge in [-0.05, 0) is 29.8 Å². The molecule has 0 fully saturated rings. The predicted octanol–water partition coefficient (Wildman–Crippen LogP) is 4.33. The number of hydrogen-bond donors (Lipinski definition) is 2. The van der Waals surface area contributed by atoms with Gasteiger partial charge in [-0.3, -0.25) is 4.79 Å². The van der Waals surface area contributed by atoms with Gasteiger partial charge in [0, 0.05) is 46.9 Å². The number of fused-ring (bicyclic) bond motifs is 1. The summed E-state index contributed by atoms with van der Waals surface area (Å²) in [5.41, 5.74) is 8.65. The second-order valence-electron chi connectivity index (χ2n) is 6.58. The smallest absolute Gasteiger partial charge is 0.328 e. The summed E-state index contributed by atoms with van der Waals surface area (Å²) >= 11 is 12.7. The van der Waals surface area contributed by atoms with Gasteiger partial charge in [0.25, 0.3) is 0 Å². The molecule has 0 saturated carbocycles. The number of carbonyl (C=O) groups excluding carboxylic acids is 2. The summed E-state index contributed by atoms with van der Waals surface area (Å²) in [7, 11) is 1.33. The van der Waals surface area contributed by atoms with Gasteiger partial charge >= 0.3 is 5.97 Å². The number of ether oxygens (including phenoxy) is 1. The minimum absolute atomic E-state index is 0. The lowest BCUT2D eigenvalue weighted by Gasteiger charge is -2.39. The van der Waals surface area contributed by atoms with Crippen LogP contribution in [0.15, 0.2) is 36.4 Å². The number of carbonyl (C=O) groups is 2. The van der Waals surface area contributed by atoms with Crippen molar-refractivity contribution in [3.8, 4) is 0 Å². The molecule has 1 amide bonds. The molecule has 29 heavy (non-hydrogen) atoms. The third kappa shape index (κ3) is 4.78. The molecule has 0 unspecified atom stereocenters. The van der Waals surface area contributed by atoms with Gasteiger partial charge < -0.3 is 20.7 Å². The van der Waals surface area contributed by atoms with E-state index >= 15 is 0 Å². The Morgan fingerprint density at radius 3 is 2.62 bits per heavy atom. The standard InChI is InChI=1S/C20H21Cl2N3O3.ClH/c1-11(26)25(14-5-3-4-12(6-14)10-23)18-9-17(20(27)28-2)24-16-8-13(21)7-15(22)19(16)18;/h3-8,17-18,24H,9-10,23H2,1-2H3;1H/t17-,18+;/m0./s1. The maximum Gasteiger partial charge on any atom is 0.328 e. The molecule has 3 N–H and O–H groups in total. The van der Waals surface area contributed by atoms with Gasteiger partial charge in [0.05, 0.1) is 13.2 Å². The Labute approximate surface area is 185 Å². The average Bonchev–Trinajstić information content (AvgIpc) is 2.66. The molecule has 0 aliphatic carbocycles. The third-order valence-electron chi connectivity index (χ3n) is 4.78. The highest BCUT2D eigenvalue weighted by Crippen LogP contribution is 2.44. The molecule has 0 aromatic heterocycles. The van der Waals surface area contributed by atoms with Gasteiger partial charge in [-0.2, -0.15) is 0 Å². The first kappa shape index (κ1) is 23.3. The van der Waals surface area contributed by atoms with Crippen molar-refractivity contribution in [2.75, 3.05) is 17.3 Å². The highest BCUT2D eigenvalue weighted by Gasteiger charge is 2.38. The Bertz CT molecular complexity index is 923. The zero-order valence-electron chi connectivity index (χ0n) is 15.9. The molecule has 0 bridgehead atoms. The van der Waals surface area contributed by atoms with E-state index in [1.165, 1.54) is 14.0 Å². The lowest BCUT2D eigenvalue weighted by atomic mass is 9.90. The van der Waals surface area contributed by atoms with Crippen molar-refractivity contribution in [3.63, 3.8) is 0 Å². The summed E-state index contributed by atoms with van der Waals surface area (Å²) in [4.78, 5) is 26.6. The van der Waals surface area contributed by atoms with E-state index in [2.05, 4.69) is 5.32 Å². The van der Waals surface area contributed by atoms with Crippen molar-refractivity contribution in [1.82, 2.24) is 0 Å². The van der Waals surface area contributed by atoms with Gasteiger partial charge in [-0.15, -0.1) is 12.4 Å². The fourth-order valence-corrected chi connectivity index (χ4v) is 4.20. The van der Waals surface area contributed by atoms with Crippen LogP contribution in [-0.2, 0) is 20.9 Å². The molecule has 0 radical (unpaired) electrons. The van der Waals surface area contributed by atoms with Crippen molar-refractivity contribution in [3.05, 3.63) is 57.6 Å². The number of esters is 1. The van der Waals surface area contributed by atoms with Crippen LogP contribution in [0.2, 0.25) is 10.0 Å². The third-order valence-corrected chi connectivity index (χ3v) is 5.31. The first-order valence-corrected chi connectivity index (χ1v) is 9.53. The Hall–Kier alpha value is -1.99. The van der Waals surface area contributed by atoms with E-state index in [0.717, 1.165) is 5.56 Å². The highest BCUT2D eigenvalue weighted by molar-refractivity contribution is 6.35. The van der Waals surface area contributed by atoms with Crippen molar-refractivity contribution in [1.29, 1.82) is 0 Å². The van der Waals surface area contributed by atoms with Crippen LogP contribution < -0.4 is 16.0 Å². The van der Waals surface area contributed by atoms with Gasteiger partial charge in [-0.1, -0.05) is 35.3 Å². The van der Waals surface area contributed by atoms with E-state index < -0.39 is 18.1 Å². The molecule has 156 valence electrons. The maximum absolute atomic E-state index is 12.7. The summed E-state index contributed by atoms with van der Waals surface area (Å²) in [5, 5.41) is 3.98. The van der Waals surface area contributed by atoms with Crippen molar-refractivity contribution >= 4 is 58.9 Å². The van der Waals surface area contributed by atoms with Crippen LogP contribution in [-0.4, -0.2) is 25.0 Å². The van der Waals surface area contributed by atoms with Crippen LogP contribution in [0.4, 0.5) is 11.4 Å². The summed E-state index contributed by atoms with van der Waals surface area (Å²) in [6.07, 6.45) is 0.299. The van der Waals surface area contributed by atoms with Crippen LogP contribution >= 0.6 is 35.6 Å². The van der Waals surface area contributed by atoms with E-state index in [1.807, 2.05) is 24.3 Å². The van der Waals surface area contributed by atoms with Crippen molar-refractivity contribution in [2.45, 2.75) is 32.0 Å². The number of nitrogens with one attached hydrogen (secondary N) is 1. The molecule has 2 aromatic carbocycles. The molecule has 0 saturated heterocycles. The van der Waals surface area contributed by atoms with Gasteiger partial charge in [0.1, 0.15) is 6.04 Å². The molecule has 2 atom stereocenters. The van der Waals surface area contributed by atoms with Gasteiger partial charge in [-0.25, -0.2) is 4.79 Å². The Kier molecular flexibility index (Phi) is 7.77. The molecule has 2 aromatic rings. The minimum Gasteiger partial charge on any atom is -0.467 e. The number of methoxy groups -OCH3 is 1. The Morgan fingerprint density at radius 1 is 1.28 bits per heavy atom. The average molecular weight is 459 g/mol. The first-order valence-electron chi connectivity index (χ1n) is 8.77. The molecular formula is C20H22Cl3N3O3. The molecule has 6 nitrogen and oxygen atoms in total. The van der Waals surface area contributed by atoms with E-state index in [-0.39, 0.29) is 18.3 Å². The first-order chi connectivity index (χ1) is 13.3. The normalized spacial score (nSPS) is 17.4. The fourth-order valence-electron chi connectivity index (χ4n) is 3.58. The number of halogens is 3. The SMILES string of the molecule is COC(=O)[C@@H]1C[C@@H](N(C(C)=O)c2cccc(CN)c2)c2c(Cl)cc(Cl)cc2N1.Cl. The Morgan fingerprint density at radius 2 is 2.00 bits per heavy atom. The van der Waals surface area contributed by atoms with Gasteiger partial charge in [0.15, 0.2) is 0 Å². The second kappa shape index (κ2) is 9.67. The lowest BCUT2D eigenvalue weighted by molar-refractivity contribution is -0.142. The number of nitrogens with zero attached hydrogens (tertiary/aromatic N) is 1. The number of rotatable bonds is 4. The number of hydrogen-bond acceptors (Lipinski definition) is 5. The maximum atomic E-state index is 12.7. The van der Waals surface area contributed by atoms with E-state index in [1.54, 1.807) is 17.0 Å². The van der Waals surface area contributed by atoms with Crippen LogP contribution in [0, 0.1) is 0 Å². The molecule has 1 aliphatic rings. The predicted molar refractivity (Wildman–Crippen MR) is 118 cm³/mol. The zero-order chi connectivity index (χ0) is 20.4. The van der Waals surface area contributed by atoms with Crippen molar-refractivity contribution < 1.29 is 14.3 Å². The summed E-state index contributed by atoms with van der Waals surface area (Å²) in [5.74, 6) is -0.604. The number of benzene rings is 2. The highest BCUT2D eigenvalue weighted by atomic mass is 35.5. The molecule has 1 heterocycles. The van der Waals surface area contributed by atoms with Gasteiger partial charge in [0.2, 0.25) is 5.91 Å². The number of nitrogens with two attached hydrogens (primary N) is 1. The molecular weight excluding hydrogens is 437 g/mol. The van der Waals surface area contributed by atoms with Crippen LogP contribution in [0.1, 0.15) is 30.5 Å². The van der Waals surface area contributed by atoms with Crippen LogP contribution in [0.5, 0.6) is 0 Å². The summed E-state index contributed by atoms with van der Waals surface area (Å²) in [6, 6.07) is 9.63. The van der Waals surface area contributed by atoms with Crippen LogP contribution in [0.3, 0.4) is 0 Å². The fraction of sp³-hybridized carbons (Fsp3) is 0.300. The molecule has 3 rings (SSSR count). The van der Waals surface area contributed by atoms with E-state index in [9.17, 15) is 9.59 Å². The monoisotopic (exact) mass is 457 g/mol.